The van der Waals surface area contributed by atoms with Crippen molar-refractivity contribution >= 4 is 8.32 Å². The Morgan fingerprint density at radius 2 is 1.93 bits per heavy atom. The molecule has 1 nitrogen and oxygen atoms in total. The Morgan fingerprint density at radius 3 is 2.47 bits per heavy atom. The molecule has 0 saturated heterocycles. The molecule has 0 aliphatic heterocycles. The maximum absolute atomic E-state index is 5.87. The molecule has 0 N–H and O–H groups in total. The average molecular weight is 226 g/mol. The Bertz CT molecular complexity index is 209. The fourth-order valence-electron chi connectivity index (χ4n) is 1.37. The second kappa shape index (κ2) is 7.92. The summed E-state index contributed by atoms with van der Waals surface area (Å²) < 4.78 is 5.87. The van der Waals surface area contributed by atoms with Gasteiger partial charge < -0.3 is 4.43 Å². The van der Waals surface area contributed by atoms with Crippen LogP contribution >= 0.6 is 0 Å². The molecule has 0 aromatic heterocycles. The molecule has 0 heterocycles. The molecule has 0 aromatic carbocycles. The summed E-state index contributed by atoms with van der Waals surface area (Å²) in [6.07, 6.45) is 9.39. The maximum Gasteiger partial charge on any atom is 0.184 e. The summed E-state index contributed by atoms with van der Waals surface area (Å²) in [5, 5.41) is 0. The largest absolute Gasteiger partial charge is 0.411 e. The van der Waals surface area contributed by atoms with Gasteiger partial charge in [-0.15, -0.1) is 5.73 Å². The van der Waals surface area contributed by atoms with Gasteiger partial charge in [0.05, 0.1) is 6.10 Å². The Labute approximate surface area is 96.4 Å². The van der Waals surface area contributed by atoms with E-state index in [9.17, 15) is 0 Å². The van der Waals surface area contributed by atoms with E-state index in [1.165, 1.54) is 19.3 Å². The first-order valence-corrected chi connectivity index (χ1v) is 9.45. The standard InChI is InChI=1S/C13H26OSi/c1-6-7-8-9-10-11-12-13(2)14-15(3,4)5/h10,12-13H,6-9H2,1-5H3. The highest BCUT2D eigenvalue weighted by molar-refractivity contribution is 6.69. The van der Waals surface area contributed by atoms with Crippen LogP contribution in [0.1, 0.15) is 39.5 Å². The summed E-state index contributed by atoms with van der Waals surface area (Å²) in [5.74, 6) is 0. The summed E-state index contributed by atoms with van der Waals surface area (Å²) in [6, 6.07) is 0. The first kappa shape index (κ1) is 14.7. The average Bonchev–Trinajstić information content (AvgIpc) is 2.08. The van der Waals surface area contributed by atoms with Gasteiger partial charge in [-0.25, -0.2) is 0 Å². The first-order valence-electron chi connectivity index (χ1n) is 6.04. The van der Waals surface area contributed by atoms with Gasteiger partial charge in [0.25, 0.3) is 0 Å². The lowest BCUT2D eigenvalue weighted by Gasteiger charge is -2.20. The van der Waals surface area contributed by atoms with Crippen LogP contribution in [0.4, 0.5) is 0 Å². The van der Waals surface area contributed by atoms with Crippen molar-refractivity contribution in [1.29, 1.82) is 0 Å². The number of hydrogen-bond acceptors (Lipinski definition) is 1. The van der Waals surface area contributed by atoms with Crippen LogP contribution in [0.15, 0.2) is 17.9 Å². The maximum atomic E-state index is 5.87. The number of rotatable bonds is 7. The molecular weight excluding hydrogens is 200 g/mol. The summed E-state index contributed by atoms with van der Waals surface area (Å²) in [7, 11) is -1.39. The molecule has 0 fully saturated rings. The topological polar surface area (TPSA) is 9.23 Å². The molecule has 0 aliphatic rings. The molecule has 15 heavy (non-hydrogen) atoms. The zero-order chi connectivity index (χ0) is 11.7. The second-order valence-corrected chi connectivity index (χ2v) is 9.43. The van der Waals surface area contributed by atoms with E-state index in [1.807, 2.05) is 6.08 Å². The van der Waals surface area contributed by atoms with Gasteiger partial charge in [0, 0.05) is 0 Å². The van der Waals surface area contributed by atoms with Gasteiger partial charge in [0.15, 0.2) is 8.32 Å². The lowest BCUT2D eigenvalue weighted by atomic mass is 10.2. The zero-order valence-electron chi connectivity index (χ0n) is 11.0. The summed E-state index contributed by atoms with van der Waals surface area (Å²) in [5.41, 5.74) is 3.21. The van der Waals surface area contributed by atoms with Crippen molar-refractivity contribution < 1.29 is 4.43 Å². The molecule has 1 unspecified atom stereocenters. The predicted octanol–water partition coefficient (Wildman–Crippen LogP) is 4.52. The molecule has 0 bridgehead atoms. The van der Waals surface area contributed by atoms with Crippen LogP contribution < -0.4 is 0 Å². The van der Waals surface area contributed by atoms with E-state index >= 15 is 0 Å². The summed E-state index contributed by atoms with van der Waals surface area (Å²) >= 11 is 0. The van der Waals surface area contributed by atoms with Crippen LogP contribution in [-0.4, -0.2) is 14.4 Å². The van der Waals surface area contributed by atoms with E-state index in [4.69, 9.17) is 4.43 Å². The van der Waals surface area contributed by atoms with Gasteiger partial charge in [-0.1, -0.05) is 19.8 Å². The van der Waals surface area contributed by atoms with E-state index < -0.39 is 8.32 Å². The second-order valence-electron chi connectivity index (χ2n) is 4.97. The molecule has 0 aromatic rings. The molecule has 1 atom stereocenters. The van der Waals surface area contributed by atoms with Gasteiger partial charge in [-0.3, -0.25) is 0 Å². The third-order valence-corrected chi connectivity index (χ3v) is 3.02. The zero-order valence-corrected chi connectivity index (χ0v) is 12.0. The summed E-state index contributed by atoms with van der Waals surface area (Å²) in [6.45, 7) is 10.9. The van der Waals surface area contributed by atoms with E-state index in [-0.39, 0.29) is 6.10 Å². The molecule has 88 valence electrons. The fourth-order valence-corrected chi connectivity index (χ4v) is 2.56. The number of unbranched alkanes of at least 4 members (excludes halogenated alkanes) is 3. The normalized spacial score (nSPS) is 13.1. The SMILES string of the molecule is CCCCCC=C=CC(C)O[Si](C)(C)C. The Morgan fingerprint density at radius 1 is 1.27 bits per heavy atom. The van der Waals surface area contributed by atoms with E-state index in [2.05, 4.69) is 45.3 Å². The Balaban J connectivity index is 3.74. The van der Waals surface area contributed by atoms with Crippen LogP contribution in [0, 0.1) is 0 Å². The highest BCUT2D eigenvalue weighted by Crippen LogP contribution is 2.07. The Kier molecular flexibility index (Phi) is 7.76. The Hall–Kier alpha value is -0.303. The highest BCUT2D eigenvalue weighted by Gasteiger charge is 2.16. The fraction of sp³-hybridized carbons (Fsp3) is 0.769. The van der Waals surface area contributed by atoms with E-state index in [0.717, 1.165) is 6.42 Å². The third-order valence-electron chi connectivity index (χ3n) is 1.94. The summed E-state index contributed by atoms with van der Waals surface area (Å²) in [4.78, 5) is 0. The monoisotopic (exact) mass is 226 g/mol. The minimum absolute atomic E-state index is 0.207. The minimum atomic E-state index is -1.39. The minimum Gasteiger partial charge on any atom is -0.411 e. The van der Waals surface area contributed by atoms with Crippen LogP contribution in [0.3, 0.4) is 0 Å². The van der Waals surface area contributed by atoms with E-state index in [0.29, 0.717) is 0 Å². The van der Waals surface area contributed by atoms with Gasteiger partial charge >= 0.3 is 0 Å². The molecule has 0 amide bonds. The molecule has 0 spiro atoms. The molecular formula is C13H26OSi. The van der Waals surface area contributed by atoms with Crippen LogP contribution in [0.25, 0.3) is 0 Å². The number of hydrogen-bond donors (Lipinski definition) is 0. The molecule has 0 radical (unpaired) electrons. The van der Waals surface area contributed by atoms with Gasteiger partial charge in [0.1, 0.15) is 0 Å². The van der Waals surface area contributed by atoms with Crippen molar-refractivity contribution in [2.24, 2.45) is 0 Å². The molecule has 0 rings (SSSR count). The van der Waals surface area contributed by atoms with Crippen LogP contribution in [0.5, 0.6) is 0 Å². The first-order chi connectivity index (χ1) is 6.95. The van der Waals surface area contributed by atoms with Crippen molar-refractivity contribution in [3.8, 4) is 0 Å². The quantitative estimate of drug-likeness (QED) is 0.352. The lowest BCUT2D eigenvalue weighted by molar-refractivity contribution is 0.263. The third kappa shape index (κ3) is 11.6. The van der Waals surface area contributed by atoms with Crippen LogP contribution in [-0.2, 0) is 4.43 Å². The molecule has 2 heteroatoms. The predicted molar refractivity (Wildman–Crippen MR) is 70.7 cm³/mol. The van der Waals surface area contributed by atoms with Crippen molar-refractivity contribution in [2.45, 2.75) is 65.3 Å². The van der Waals surface area contributed by atoms with Gasteiger partial charge in [0.2, 0.25) is 0 Å². The van der Waals surface area contributed by atoms with Gasteiger partial charge in [-0.2, -0.15) is 0 Å². The lowest BCUT2D eigenvalue weighted by Crippen LogP contribution is -2.29. The smallest absolute Gasteiger partial charge is 0.184 e. The molecule has 0 aliphatic carbocycles. The van der Waals surface area contributed by atoms with E-state index in [1.54, 1.807) is 0 Å². The van der Waals surface area contributed by atoms with Crippen LogP contribution in [0.2, 0.25) is 19.6 Å². The molecule has 0 saturated carbocycles. The van der Waals surface area contributed by atoms with Crippen molar-refractivity contribution in [2.75, 3.05) is 0 Å². The van der Waals surface area contributed by atoms with Crippen molar-refractivity contribution in [3.63, 3.8) is 0 Å². The van der Waals surface area contributed by atoms with Gasteiger partial charge in [-0.05, 0) is 51.6 Å². The van der Waals surface area contributed by atoms with Crippen molar-refractivity contribution in [3.05, 3.63) is 17.9 Å². The van der Waals surface area contributed by atoms with Crippen molar-refractivity contribution in [1.82, 2.24) is 0 Å². The highest BCUT2D eigenvalue weighted by atomic mass is 28.4.